The lowest BCUT2D eigenvalue weighted by molar-refractivity contribution is 0.400. The van der Waals surface area contributed by atoms with Gasteiger partial charge in [-0.15, -0.1) is 0 Å². The molecule has 2 rings (SSSR count). The van der Waals surface area contributed by atoms with Crippen molar-refractivity contribution >= 4 is 5.69 Å². The third-order valence-corrected chi connectivity index (χ3v) is 4.33. The number of anilines is 1. The fraction of sp³-hybridized carbons (Fsp3) is 0.625. The second kappa shape index (κ2) is 6.38. The van der Waals surface area contributed by atoms with Gasteiger partial charge in [0.1, 0.15) is 5.82 Å². The van der Waals surface area contributed by atoms with Gasteiger partial charge >= 0.3 is 0 Å². The minimum Gasteiger partial charge on any atom is -0.369 e. The smallest absolute Gasteiger partial charge is 0.146 e. The molecule has 0 bridgehead atoms. The van der Waals surface area contributed by atoms with E-state index in [0.29, 0.717) is 5.92 Å². The first-order valence-corrected chi connectivity index (χ1v) is 7.38. The van der Waals surface area contributed by atoms with Crippen molar-refractivity contribution in [3.63, 3.8) is 0 Å². The van der Waals surface area contributed by atoms with Gasteiger partial charge in [-0.3, -0.25) is 0 Å². The molecule has 2 atom stereocenters. The summed E-state index contributed by atoms with van der Waals surface area (Å²) >= 11 is 0. The van der Waals surface area contributed by atoms with Gasteiger partial charge in [0, 0.05) is 19.1 Å². The van der Waals surface area contributed by atoms with Crippen LogP contribution in [-0.2, 0) is 0 Å². The summed E-state index contributed by atoms with van der Waals surface area (Å²) in [5, 5.41) is 3.22. The maximum atomic E-state index is 14.3. The Balaban J connectivity index is 2.32. The minimum atomic E-state index is -0.0867. The standard InChI is InChI=1S/C16H25FN2/c1-4-13-7-6-10-19(11-13)16-14(12(2)18-3)8-5-9-15(16)17/h5,8-9,12-13,18H,4,6-7,10-11H2,1-3H3. The number of nitrogens with one attached hydrogen (secondary N) is 1. The lowest BCUT2D eigenvalue weighted by Gasteiger charge is -2.36. The van der Waals surface area contributed by atoms with E-state index < -0.39 is 0 Å². The number of benzene rings is 1. The molecule has 3 heteroatoms. The average Bonchev–Trinajstić information content (AvgIpc) is 2.46. The Bertz CT molecular complexity index is 419. The summed E-state index contributed by atoms with van der Waals surface area (Å²) < 4.78 is 14.3. The van der Waals surface area contributed by atoms with Crippen LogP contribution in [0.15, 0.2) is 18.2 Å². The highest BCUT2D eigenvalue weighted by atomic mass is 19.1. The van der Waals surface area contributed by atoms with Gasteiger partial charge in [0.15, 0.2) is 0 Å². The Labute approximate surface area is 116 Å². The fourth-order valence-electron chi connectivity index (χ4n) is 2.97. The van der Waals surface area contributed by atoms with E-state index in [-0.39, 0.29) is 11.9 Å². The summed E-state index contributed by atoms with van der Waals surface area (Å²) in [5.74, 6) is 0.613. The van der Waals surface area contributed by atoms with E-state index in [4.69, 9.17) is 0 Å². The van der Waals surface area contributed by atoms with Crippen molar-refractivity contribution < 1.29 is 4.39 Å². The van der Waals surface area contributed by atoms with Crippen molar-refractivity contribution in [2.45, 2.75) is 39.2 Å². The molecule has 1 N–H and O–H groups in total. The molecule has 1 aromatic rings. The Hall–Kier alpha value is -1.09. The molecule has 106 valence electrons. The molecule has 1 heterocycles. The van der Waals surface area contributed by atoms with Crippen molar-refractivity contribution in [2.24, 2.45) is 5.92 Å². The summed E-state index contributed by atoms with van der Waals surface area (Å²) in [4.78, 5) is 2.25. The van der Waals surface area contributed by atoms with Crippen LogP contribution in [0.25, 0.3) is 0 Å². The summed E-state index contributed by atoms with van der Waals surface area (Å²) in [6.45, 7) is 6.27. The van der Waals surface area contributed by atoms with Gasteiger partial charge in [0.05, 0.1) is 5.69 Å². The van der Waals surface area contributed by atoms with Crippen LogP contribution in [0.3, 0.4) is 0 Å². The number of hydrogen-bond acceptors (Lipinski definition) is 2. The second-order valence-electron chi connectivity index (χ2n) is 5.55. The van der Waals surface area contributed by atoms with Crippen LogP contribution in [-0.4, -0.2) is 20.1 Å². The number of para-hydroxylation sites is 1. The first kappa shape index (κ1) is 14.3. The lowest BCUT2D eigenvalue weighted by Crippen LogP contribution is -2.37. The SMILES string of the molecule is CCC1CCCN(c2c(F)cccc2C(C)NC)C1. The molecule has 1 fully saturated rings. The quantitative estimate of drug-likeness (QED) is 0.891. The van der Waals surface area contributed by atoms with Crippen molar-refractivity contribution in [3.05, 3.63) is 29.6 Å². The summed E-state index contributed by atoms with van der Waals surface area (Å²) in [5.41, 5.74) is 1.88. The molecule has 0 radical (unpaired) electrons. The van der Waals surface area contributed by atoms with Crippen LogP contribution in [0, 0.1) is 11.7 Å². The first-order chi connectivity index (χ1) is 9.17. The molecular formula is C16H25FN2. The zero-order chi connectivity index (χ0) is 13.8. The number of halogens is 1. The third-order valence-electron chi connectivity index (χ3n) is 4.33. The maximum Gasteiger partial charge on any atom is 0.146 e. The monoisotopic (exact) mass is 264 g/mol. The normalized spacial score (nSPS) is 21.5. The zero-order valence-electron chi connectivity index (χ0n) is 12.2. The molecular weight excluding hydrogens is 239 g/mol. The highest BCUT2D eigenvalue weighted by molar-refractivity contribution is 5.56. The molecule has 19 heavy (non-hydrogen) atoms. The van der Waals surface area contributed by atoms with E-state index in [9.17, 15) is 4.39 Å². The van der Waals surface area contributed by atoms with E-state index >= 15 is 0 Å². The topological polar surface area (TPSA) is 15.3 Å². The molecule has 0 saturated carbocycles. The molecule has 0 aliphatic carbocycles. The van der Waals surface area contributed by atoms with Crippen LogP contribution in [0.4, 0.5) is 10.1 Å². The number of rotatable bonds is 4. The van der Waals surface area contributed by atoms with Crippen LogP contribution < -0.4 is 10.2 Å². The highest BCUT2D eigenvalue weighted by Crippen LogP contribution is 2.33. The van der Waals surface area contributed by atoms with Crippen LogP contribution in [0.1, 0.15) is 44.7 Å². The molecule has 1 aliphatic rings. The van der Waals surface area contributed by atoms with E-state index in [1.807, 2.05) is 19.2 Å². The molecule has 2 nitrogen and oxygen atoms in total. The van der Waals surface area contributed by atoms with Gasteiger partial charge in [-0.1, -0.05) is 25.5 Å². The molecule has 2 unspecified atom stereocenters. The van der Waals surface area contributed by atoms with Crippen LogP contribution in [0.5, 0.6) is 0 Å². The molecule has 1 aromatic carbocycles. The lowest BCUT2D eigenvalue weighted by atomic mass is 9.94. The molecule has 0 amide bonds. The second-order valence-corrected chi connectivity index (χ2v) is 5.55. The van der Waals surface area contributed by atoms with E-state index in [0.717, 1.165) is 24.3 Å². The average molecular weight is 264 g/mol. The van der Waals surface area contributed by atoms with E-state index in [1.165, 1.54) is 19.3 Å². The number of hydrogen-bond donors (Lipinski definition) is 1. The maximum absolute atomic E-state index is 14.3. The molecule has 0 spiro atoms. The summed E-state index contributed by atoms with van der Waals surface area (Å²) in [6.07, 6.45) is 3.63. The zero-order valence-corrected chi connectivity index (χ0v) is 12.2. The Morgan fingerprint density at radius 2 is 2.26 bits per heavy atom. The Morgan fingerprint density at radius 3 is 2.95 bits per heavy atom. The van der Waals surface area contributed by atoms with Gasteiger partial charge in [-0.25, -0.2) is 4.39 Å². The van der Waals surface area contributed by atoms with Crippen LogP contribution >= 0.6 is 0 Å². The van der Waals surface area contributed by atoms with Gasteiger partial charge in [0.25, 0.3) is 0 Å². The van der Waals surface area contributed by atoms with Gasteiger partial charge < -0.3 is 10.2 Å². The van der Waals surface area contributed by atoms with Crippen molar-refractivity contribution in [2.75, 3.05) is 25.0 Å². The fourth-order valence-corrected chi connectivity index (χ4v) is 2.97. The molecule has 1 aliphatic heterocycles. The number of nitrogens with zero attached hydrogens (tertiary/aromatic N) is 1. The van der Waals surface area contributed by atoms with Gasteiger partial charge in [-0.2, -0.15) is 0 Å². The predicted octanol–water partition coefficient (Wildman–Crippen LogP) is 3.73. The van der Waals surface area contributed by atoms with Crippen LogP contribution in [0.2, 0.25) is 0 Å². The Morgan fingerprint density at radius 1 is 1.47 bits per heavy atom. The van der Waals surface area contributed by atoms with Gasteiger partial charge in [0.2, 0.25) is 0 Å². The van der Waals surface area contributed by atoms with Crippen molar-refractivity contribution in [1.29, 1.82) is 0 Å². The molecule has 0 aromatic heterocycles. The van der Waals surface area contributed by atoms with Crippen molar-refractivity contribution in [3.8, 4) is 0 Å². The summed E-state index contributed by atoms with van der Waals surface area (Å²) in [6, 6.07) is 5.60. The molecule has 1 saturated heterocycles. The third kappa shape index (κ3) is 3.08. The highest BCUT2D eigenvalue weighted by Gasteiger charge is 2.24. The number of piperidine rings is 1. The minimum absolute atomic E-state index is 0.0867. The van der Waals surface area contributed by atoms with E-state index in [1.54, 1.807) is 6.07 Å². The van der Waals surface area contributed by atoms with E-state index in [2.05, 4.69) is 24.1 Å². The summed E-state index contributed by atoms with van der Waals surface area (Å²) in [7, 11) is 1.92. The largest absolute Gasteiger partial charge is 0.369 e. The van der Waals surface area contributed by atoms with Crippen molar-refractivity contribution in [1.82, 2.24) is 5.32 Å². The first-order valence-electron chi connectivity index (χ1n) is 7.38. The predicted molar refractivity (Wildman–Crippen MR) is 79.1 cm³/mol. The Kier molecular flexibility index (Phi) is 4.81. The van der Waals surface area contributed by atoms with Gasteiger partial charge in [-0.05, 0) is 44.4 Å².